The number of pyridine rings is 1. The van der Waals surface area contributed by atoms with Crippen LogP contribution >= 0.6 is 0 Å². The summed E-state index contributed by atoms with van der Waals surface area (Å²) in [5.74, 6) is 0.542. The van der Waals surface area contributed by atoms with E-state index < -0.39 is 0 Å². The first-order valence-corrected chi connectivity index (χ1v) is 11.2. The number of amides is 3. The van der Waals surface area contributed by atoms with Gasteiger partial charge in [0.25, 0.3) is 5.91 Å². The average Bonchev–Trinajstić information content (AvgIpc) is 3.11. The van der Waals surface area contributed by atoms with Gasteiger partial charge in [-0.1, -0.05) is 23.8 Å². The number of carbonyl (C=O) groups excluding carboxylic acids is 2. The molecule has 34 heavy (non-hydrogen) atoms. The van der Waals surface area contributed by atoms with E-state index >= 15 is 0 Å². The van der Waals surface area contributed by atoms with E-state index in [1.54, 1.807) is 17.2 Å². The van der Waals surface area contributed by atoms with Gasteiger partial charge in [0, 0.05) is 50.6 Å². The fourth-order valence-corrected chi connectivity index (χ4v) is 3.77. The summed E-state index contributed by atoms with van der Waals surface area (Å²) in [6.45, 7) is 4.48. The fourth-order valence-electron chi connectivity index (χ4n) is 3.77. The van der Waals surface area contributed by atoms with Crippen molar-refractivity contribution in [3.63, 3.8) is 0 Å². The molecule has 176 valence electrons. The van der Waals surface area contributed by atoms with Crippen molar-refractivity contribution in [2.24, 2.45) is 0 Å². The zero-order chi connectivity index (χ0) is 23.9. The number of nitrogens with zero attached hydrogens (tertiary/aromatic N) is 3. The topological polar surface area (TPSA) is 74.8 Å². The van der Waals surface area contributed by atoms with Crippen LogP contribution < -0.4 is 10.1 Å². The summed E-state index contributed by atoms with van der Waals surface area (Å²) in [5.41, 5.74) is 2.55. The number of rotatable bonds is 5. The Morgan fingerprint density at radius 3 is 2.50 bits per heavy atom. The summed E-state index contributed by atoms with van der Waals surface area (Å²) >= 11 is 0. The summed E-state index contributed by atoms with van der Waals surface area (Å²) in [6, 6.07) is 16.6. The highest BCUT2D eigenvalue weighted by atomic mass is 19.1. The molecule has 7 nitrogen and oxygen atoms in total. The highest BCUT2D eigenvalue weighted by Gasteiger charge is 2.22. The van der Waals surface area contributed by atoms with Gasteiger partial charge < -0.3 is 19.9 Å². The fraction of sp³-hybridized carbons (Fsp3) is 0.269. The molecule has 2 heterocycles. The number of aryl methyl sites for hydroxylation is 1. The minimum absolute atomic E-state index is 0.0000199. The lowest BCUT2D eigenvalue weighted by molar-refractivity contribution is 0.0762. The first kappa shape index (κ1) is 23.2. The highest BCUT2D eigenvalue weighted by Crippen LogP contribution is 2.19. The molecule has 1 N–H and O–H groups in total. The number of benzene rings is 2. The Kier molecular flexibility index (Phi) is 7.37. The highest BCUT2D eigenvalue weighted by molar-refractivity contribution is 5.94. The molecule has 3 aromatic rings. The Hall–Kier alpha value is -3.94. The Morgan fingerprint density at radius 1 is 1.00 bits per heavy atom. The SMILES string of the molecule is Cc1cccc(C(=O)N2CCCN(C(=O)NCc3ccc(Oc4ccc(F)cc4)nc3)CC2)c1. The maximum absolute atomic E-state index is 13.0. The van der Waals surface area contributed by atoms with Crippen molar-refractivity contribution in [2.45, 2.75) is 19.9 Å². The standard InChI is InChI=1S/C26H27FN4O3/c1-19-4-2-5-21(16-19)25(32)30-12-3-13-31(15-14-30)26(33)29-18-20-6-11-24(28-17-20)34-23-9-7-22(27)8-10-23/h2,4-11,16-17H,3,12-15,18H2,1H3,(H,29,33). The Bertz CT molecular complexity index is 1140. The van der Waals surface area contributed by atoms with Crippen LogP contribution in [-0.4, -0.2) is 52.9 Å². The average molecular weight is 463 g/mol. The molecule has 1 fully saturated rings. The van der Waals surface area contributed by atoms with Crippen LogP contribution in [0.4, 0.5) is 9.18 Å². The number of hydrogen-bond donors (Lipinski definition) is 1. The van der Waals surface area contributed by atoms with Crippen molar-refractivity contribution in [1.29, 1.82) is 0 Å². The lowest BCUT2D eigenvalue weighted by Crippen LogP contribution is -2.42. The van der Waals surface area contributed by atoms with Crippen LogP contribution in [0, 0.1) is 12.7 Å². The number of carbonyl (C=O) groups is 2. The molecular formula is C26H27FN4O3. The van der Waals surface area contributed by atoms with Gasteiger partial charge in [-0.15, -0.1) is 0 Å². The third-order valence-corrected chi connectivity index (χ3v) is 5.61. The zero-order valence-electron chi connectivity index (χ0n) is 19.0. The zero-order valence-corrected chi connectivity index (χ0v) is 19.0. The van der Waals surface area contributed by atoms with Crippen LogP contribution in [0.15, 0.2) is 66.9 Å². The molecule has 1 aliphatic heterocycles. The van der Waals surface area contributed by atoms with Gasteiger partial charge in [-0.2, -0.15) is 0 Å². The summed E-state index contributed by atoms with van der Waals surface area (Å²) in [6.07, 6.45) is 2.35. The smallest absolute Gasteiger partial charge is 0.317 e. The molecule has 0 spiro atoms. The van der Waals surface area contributed by atoms with E-state index in [0.29, 0.717) is 49.9 Å². The van der Waals surface area contributed by atoms with Crippen molar-refractivity contribution in [3.8, 4) is 11.6 Å². The predicted octanol–water partition coefficient (Wildman–Crippen LogP) is 4.38. The van der Waals surface area contributed by atoms with Gasteiger partial charge in [-0.3, -0.25) is 4.79 Å². The summed E-state index contributed by atoms with van der Waals surface area (Å²) < 4.78 is 18.6. The van der Waals surface area contributed by atoms with E-state index in [1.165, 1.54) is 24.3 Å². The van der Waals surface area contributed by atoms with Crippen LogP contribution in [0.5, 0.6) is 11.6 Å². The third kappa shape index (κ3) is 6.10. The number of urea groups is 1. The molecule has 8 heteroatoms. The van der Waals surface area contributed by atoms with Crippen LogP contribution in [0.25, 0.3) is 0 Å². The molecule has 0 aliphatic carbocycles. The number of ether oxygens (including phenoxy) is 1. The van der Waals surface area contributed by atoms with Crippen LogP contribution in [-0.2, 0) is 6.54 Å². The van der Waals surface area contributed by atoms with Crippen molar-refractivity contribution >= 4 is 11.9 Å². The monoisotopic (exact) mass is 462 g/mol. The number of halogens is 1. The second-order valence-electron chi connectivity index (χ2n) is 8.22. The van der Waals surface area contributed by atoms with Gasteiger partial charge in [0.2, 0.25) is 5.88 Å². The molecular weight excluding hydrogens is 435 g/mol. The van der Waals surface area contributed by atoms with Gasteiger partial charge in [0.15, 0.2) is 0 Å². The van der Waals surface area contributed by atoms with Gasteiger partial charge in [0.05, 0.1) is 0 Å². The molecule has 0 atom stereocenters. The minimum atomic E-state index is -0.332. The molecule has 0 bridgehead atoms. The summed E-state index contributed by atoms with van der Waals surface area (Å²) in [5, 5.41) is 2.92. The molecule has 0 radical (unpaired) electrons. The first-order valence-electron chi connectivity index (χ1n) is 11.2. The van der Waals surface area contributed by atoms with E-state index in [1.807, 2.05) is 42.2 Å². The van der Waals surface area contributed by atoms with Gasteiger partial charge in [0.1, 0.15) is 11.6 Å². The van der Waals surface area contributed by atoms with E-state index in [2.05, 4.69) is 10.3 Å². The molecule has 1 aromatic heterocycles. The van der Waals surface area contributed by atoms with E-state index in [-0.39, 0.29) is 17.8 Å². The molecule has 0 unspecified atom stereocenters. The van der Waals surface area contributed by atoms with Crippen LogP contribution in [0.1, 0.15) is 27.9 Å². The first-order chi connectivity index (χ1) is 16.5. The van der Waals surface area contributed by atoms with Crippen molar-refractivity contribution in [2.75, 3.05) is 26.2 Å². The molecule has 4 rings (SSSR count). The Labute approximate surface area is 198 Å². The molecule has 3 amide bonds. The quantitative estimate of drug-likeness (QED) is 0.611. The number of nitrogens with one attached hydrogen (secondary N) is 1. The largest absolute Gasteiger partial charge is 0.439 e. The van der Waals surface area contributed by atoms with Crippen LogP contribution in [0.3, 0.4) is 0 Å². The lowest BCUT2D eigenvalue weighted by Gasteiger charge is -2.22. The maximum atomic E-state index is 13.0. The normalized spacial score (nSPS) is 13.8. The van der Waals surface area contributed by atoms with Gasteiger partial charge >= 0.3 is 6.03 Å². The second-order valence-corrected chi connectivity index (χ2v) is 8.22. The molecule has 1 saturated heterocycles. The van der Waals surface area contributed by atoms with Crippen molar-refractivity contribution < 1.29 is 18.7 Å². The second kappa shape index (κ2) is 10.8. The lowest BCUT2D eigenvalue weighted by atomic mass is 10.1. The third-order valence-electron chi connectivity index (χ3n) is 5.61. The minimum Gasteiger partial charge on any atom is -0.439 e. The van der Waals surface area contributed by atoms with Crippen LogP contribution in [0.2, 0.25) is 0 Å². The summed E-state index contributed by atoms with van der Waals surface area (Å²) in [4.78, 5) is 33.3. The van der Waals surface area contributed by atoms with E-state index in [9.17, 15) is 14.0 Å². The van der Waals surface area contributed by atoms with Gasteiger partial charge in [-0.05, 0) is 55.3 Å². The number of aromatic nitrogens is 1. The van der Waals surface area contributed by atoms with E-state index in [0.717, 1.165) is 17.5 Å². The Balaban J connectivity index is 1.26. The predicted molar refractivity (Wildman–Crippen MR) is 126 cm³/mol. The molecule has 1 aliphatic rings. The Morgan fingerprint density at radius 2 is 1.76 bits per heavy atom. The van der Waals surface area contributed by atoms with E-state index in [4.69, 9.17) is 4.74 Å². The maximum Gasteiger partial charge on any atom is 0.317 e. The molecule has 2 aromatic carbocycles. The molecule has 0 saturated carbocycles. The van der Waals surface area contributed by atoms with Crippen molar-refractivity contribution in [3.05, 3.63) is 89.4 Å². The van der Waals surface area contributed by atoms with Gasteiger partial charge in [-0.25, -0.2) is 14.2 Å². The summed E-state index contributed by atoms with van der Waals surface area (Å²) in [7, 11) is 0. The number of hydrogen-bond acceptors (Lipinski definition) is 4. The van der Waals surface area contributed by atoms with Crippen molar-refractivity contribution in [1.82, 2.24) is 20.1 Å².